The molecule has 3 aliphatic rings. The Labute approximate surface area is 99.2 Å². The van der Waals surface area contributed by atoms with Crippen molar-refractivity contribution in [2.75, 3.05) is 32.7 Å². The standard InChI is InChI=1S/C12H22N2.ClH/c1-2-11(1)9-14-7-4-12(5-8-14)3-6-13-10-12;/h11,13H,1-10H2;1H. The topological polar surface area (TPSA) is 15.3 Å². The lowest BCUT2D eigenvalue weighted by molar-refractivity contribution is 0.115. The summed E-state index contributed by atoms with van der Waals surface area (Å²) < 4.78 is 0. The summed E-state index contributed by atoms with van der Waals surface area (Å²) in [5.74, 6) is 1.07. The lowest BCUT2D eigenvalue weighted by Gasteiger charge is -2.39. The zero-order chi connectivity index (χ0) is 9.43. The number of piperidine rings is 1. The van der Waals surface area contributed by atoms with Gasteiger partial charge in [-0.2, -0.15) is 0 Å². The Hall–Kier alpha value is 0.210. The van der Waals surface area contributed by atoms with Crippen molar-refractivity contribution in [3.63, 3.8) is 0 Å². The predicted octanol–water partition coefficient (Wildman–Crippen LogP) is 1.89. The van der Waals surface area contributed by atoms with Crippen LogP contribution in [0.4, 0.5) is 0 Å². The van der Waals surface area contributed by atoms with Crippen LogP contribution in [0.15, 0.2) is 0 Å². The zero-order valence-electron chi connectivity index (χ0n) is 9.50. The summed E-state index contributed by atoms with van der Waals surface area (Å²) in [5, 5.41) is 3.53. The first-order valence-corrected chi connectivity index (χ1v) is 6.29. The Morgan fingerprint density at radius 3 is 2.40 bits per heavy atom. The maximum atomic E-state index is 3.53. The van der Waals surface area contributed by atoms with E-state index < -0.39 is 0 Å². The number of nitrogens with one attached hydrogen (secondary N) is 1. The maximum Gasteiger partial charge on any atom is 0.000967 e. The number of nitrogens with zero attached hydrogens (tertiary/aromatic N) is 1. The molecule has 0 aromatic carbocycles. The van der Waals surface area contributed by atoms with Gasteiger partial charge in [0.05, 0.1) is 0 Å². The first-order chi connectivity index (χ1) is 6.86. The van der Waals surface area contributed by atoms with Crippen molar-refractivity contribution in [2.24, 2.45) is 11.3 Å². The first kappa shape index (κ1) is 11.7. The highest BCUT2D eigenvalue weighted by Gasteiger charge is 2.37. The number of likely N-dealkylation sites (tertiary alicyclic amines) is 1. The third-order valence-electron chi connectivity index (χ3n) is 4.46. The van der Waals surface area contributed by atoms with Crippen molar-refractivity contribution in [3.05, 3.63) is 0 Å². The molecule has 2 aliphatic heterocycles. The second kappa shape index (κ2) is 4.60. The molecular weight excluding hydrogens is 208 g/mol. The van der Waals surface area contributed by atoms with E-state index in [1.165, 1.54) is 64.8 Å². The summed E-state index contributed by atoms with van der Waals surface area (Å²) in [4.78, 5) is 2.71. The molecule has 0 bridgehead atoms. The smallest absolute Gasteiger partial charge is 0.000967 e. The van der Waals surface area contributed by atoms with Crippen LogP contribution in [0.2, 0.25) is 0 Å². The molecule has 88 valence electrons. The molecule has 0 aromatic rings. The molecule has 3 rings (SSSR count). The van der Waals surface area contributed by atoms with Gasteiger partial charge in [0.15, 0.2) is 0 Å². The number of halogens is 1. The number of hydrogen-bond acceptors (Lipinski definition) is 2. The van der Waals surface area contributed by atoms with Gasteiger partial charge in [0.2, 0.25) is 0 Å². The minimum atomic E-state index is 0. The van der Waals surface area contributed by atoms with Crippen LogP contribution in [0.1, 0.15) is 32.1 Å². The lowest BCUT2D eigenvalue weighted by atomic mass is 9.78. The molecule has 3 fully saturated rings. The summed E-state index contributed by atoms with van der Waals surface area (Å²) in [5.41, 5.74) is 0.708. The average molecular weight is 231 g/mol. The Morgan fingerprint density at radius 2 is 1.87 bits per heavy atom. The van der Waals surface area contributed by atoms with Crippen LogP contribution in [0, 0.1) is 11.3 Å². The minimum absolute atomic E-state index is 0. The fourth-order valence-electron chi connectivity index (χ4n) is 3.10. The molecule has 1 spiro atoms. The van der Waals surface area contributed by atoms with Gasteiger partial charge in [-0.15, -0.1) is 12.4 Å². The van der Waals surface area contributed by atoms with Crippen molar-refractivity contribution in [1.29, 1.82) is 0 Å². The second-order valence-electron chi connectivity index (χ2n) is 5.67. The van der Waals surface area contributed by atoms with Crippen LogP contribution in [0.25, 0.3) is 0 Å². The Kier molecular flexibility index (Phi) is 3.59. The van der Waals surface area contributed by atoms with Gasteiger partial charge in [-0.1, -0.05) is 0 Å². The highest BCUT2D eigenvalue weighted by atomic mass is 35.5. The summed E-state index contributed by atoms with van der Waals surface area (Å²) in [6, 6.07) is 0. The van der Waals surface area contributed by atoms with Gasteiger partial charge in [-0.05, 0) is 63.1 Å². The van der Waals surface area contributed by atoms with E-state index in [1.807, 2.05) is 0 Å². The Morgan fingerprint density at radius 1 is 1.13 bits per heavy atom. The fraction of sp³-hybridized carbons (Fsp3) is 1.00. The van der Waals surface area contributed by atoms with Crippen LogP contribution >= 0.6 is 12.4 Å². The van der Waals surface area contributed by atoms with Crippen molar-refractivity contribution in [1.82, 2.24) is 10.2 Å². The highest BCUT2D eigenvalue weighted by molar-refractivity contribution is 5.85. The monoisotopic (exact) mass is 230 g/mol. The van der Waals surface area contributed by atoms with E-state index in [-0.39, 0.29) is 12.4 Å². The third-order valence-corrected chi connectivity index (χ3v) is 4.46. The van der Waals surface area contributed by atoms with Gasteiger partial charge in [0.1, 0.15) is 0 Å². The van der Waals surface area contributed by atoms with Crippen molar-refractivity contribution < 1.29 is 0 Å². The molecule has 1 aliphatic carbocycles. The largest absolute Gasteiger partial charge is 0.316 e. The molecule has 2 nitrogen and oxygen atoms in total. The van der Waals surface area contributed by atoms with E-state index in [4.69, 9.17) is 0 Å². The molecular formula is C12H23ClN2. The number of rotatable bonds is 2. The molecule has 0 amide bonds. The summed E-state index contributed by atoms with van der Waals surface area (Å²) in [6.07, 6.45) is 7.34. The number of hydrogen-bond donors (Lipinski definition) is 1. The van der Waals surface area contributed by atoms with Crippen molar-refractivity contribution in [2.45, 2.75) is 32.1 Å². The van der Waals surface area contributed by atoms with Crippen molar-refractivity contribution in [3.8, 4) is 0 Å². The van der Waals surface area contributed by atoms with Crippen LogP contribution in [0.3, 0.4) is 0 Å². The van der Waals surface area contributed by atoms with Crippen molar-refractivity contribution >= 4 is 12.4 Å². The van der Waals surface area contributed by atoms with E-state index >= 15 is 0 Å². The molecule has 0 aromatic heterocycles. The summed E-state index contributed by atoms with van der Waals surface area (Å²) >= 11 is 0. The van der Waals surface area contributed by atoms with E-state index in [0.717, 1.165) is 5.92 Å². The lowest BCUT2D eigenvalue weighted by Crippen LogP contribution is -2.41. The van der Waals surface area contributed by atoms with E-state index in [1.54, 1.807) is 0 Å². The van der Waals surface area contributed by atoms with Crippen LogP contribution < -0.4 is 5.32 Å². The Bertz CT molecular complexity index is 200. The second-order valence-corrected chi connectivity index (χ2v) is 5.67. The van der Waals surface area contributed by atoms with Crippen LogP contribution in [-0.2, 0) is 0 Å². The molecule has 3 heteroatoms. The molecule has 0 radical (unpaired) electrons. The summed E-state index contributed by atoms with van der Waals surface area (Å²) in [7, 11) is 0. The normalized spacial score (nSPS) is 30.4. The first-order valence-electron chi connectivity index (χ1n) is 6.29. The Balaban J connectivity index is 0.000000853. The highest BCUT2D eigenvalue weighted by Crippen LogP contribution is 2.38. The fourth-order valence-corrected chi connectivity index (χ4v) is 3.10. The van der Waals surface area contributed by atoms with Gasteiger partial charge in [-0.3, -0.25) is 0 Å². The van der Waals surface area contributed by atoms with E-state index in [2.05, 4.69) is 10.2 Å². The molecule has 0 atom stereocenters. The molecule has 15 heavy (non-hydrogen) atoms. The minimum Gasteiger partial charge on any atom is -0.316 e. The van der Waals surface area contributed by atoms with Crippen LogP contribution in [0.5, 0.6) is 0 Å². The summed E-state index contributed by atoms with van der Waals surface area (Å²) in [6.45, 7) is 6.72. The molecule has 2 heterocycles. The van der Waals surface area contributed by atoms with E-state index in [0.29, 0.717) is 5.41 Å². The molecule has 1 N–H and O–H groups in total. The van der Waals surface area contributed by atoms with Gasteiger partial charge < -0.3 is 10.2 Å². The maximum absolute atomic E-state index is 3.53. The molecule has 0 unspecified atom stereocenters. The van der Waals surface area contributed by atoms with E-state index in [9.17, 15) is 0 Å². The van der Waals surface area contributed by atoms with Gasteiger partial charge in [0.25, 0.3) is 0 Å². The third kappa shape index (κ3) is 2.66. The quantitative estimate of drug-likeness (QED) is 0.780. The van der Waals surface area contributed by atoms with Gasteiger partial charge in [-0.25, -0.2) is 0 Å². The van der Waals surface area contributed by atoms with Gasteiger partial charge >= 0.3 is 0 Å². The van der Waals surface area contributed by atoms with Gasteiger partial charge in [0, 0.05) is 13.1 Å². The molecule has 1 saturated carbocycles. The van der Waals surface area contributed by atoms with Crippen LogP contribution in [-0.4, -0.2) is 37.6 Å². The molecule has 2 saturated heterocycles. The predicted molar refractivity (Wildman–Crippen MR) is 65.6 cm³/mol. The average Bonchev–Trinajstić information content (AvgIpc) is 2.91. The SMILES string of the molecule is C1CC2(CCN(CC3CC3)CC2)CN1.Cl. The zero-order valence-corrected chi connectivity index (χ0v) is 10.3.